The molecule has 0 fully saturated rings. The van der Waals surface area contributed by atoms with Crippen LogP contribution in [0.5, 0.6) is 5.75 Å². The van der Waals surface area contributed by atoms with Crippen LogP contribution in [0.25, 0.3) is 0 Å². The Labute approximate surface area is 117 Å². The maximum absolute atomic E-state index is 12.2. The molecule has 106 valence electrons. The molecule has 2 aromatic rings. The Morgan fingerprint density at radius 2 is 2.05 bits per heavy atom. The van der Waals surface area contributed by atoms with Gasteiger partial charge >= 0.3 is 0 Å². The second-order valence-corrected chi connectivity index (χ2v) is 4.40. The van der Waals surface area contributed by atoms with Crippen LogP contribution in [0.4, 0.5) is 0 Å². The van der Waals surface area contributed by atoms with Crippen LogP contribution in [0.1, 0.15) is 22.0 Å². The molecule has 5 heteroatoms. The van der Waals surface area contributed by atoms with E-state index in [0.29, 0.717) is 5.56 Å². The van der Waals surface area contributed by atoms with Gasteiger partial charge in [-0.3, -0.25) is 4.79 Å². The number of furan rings is 1. The number of amides is 1. The Morgan fingerprint density at radius 3 is 2.55 bits per heavy atom. The summed E-state index contributed by atoms with van der Waals surface area (Å²) in [4.78, 5) is 13.7. The lowest BCUT2D eigenvalue weighted by Crippen LogP contribution is -2.33. The van der Waals surface area contributed by atoms with Crippen molar-refractivity contribution < 1.29 is 19.1 Å². The molecule has 0 saturated carbocycles. The Kier molecular flexibility index (Phi) is 4.42. The molecule has 1 amide bonds. The fourth-order valence-electron chi connectivity index (χ4n) is 2.01. The fraction of sp³-hybridized carbons (Fsp3) is 0.267. The highest BCUT2D eigenvalue weighted by atomic mass is 16.5. The largest absolute Gasteiger partial charge is 0.497 e. The van der Waals surface area contributed by atoms with Crippen molar-refractivity contribution in [3.8, 4) is 5.75 Å². The van der Waals surface area contributed by atoms with E-state index in [-0.39, 0.29) is 12.5 Å². The van der Waals surface area contributed by atoms with E-state index in [4.69, 9.17) is 9.15 Å². The second kappa shape index (κ2) is 6.25. The van der Waals surface area contributed by atoms with E-state index in [9.17, 15) is 9.90 Å². The standard InChI is InChI=1S/C15H17NO4/c1-16(15(18)12-7-8-20-10-12)14(9-17)11-3-5-13(19-2)6-4-11/h3-8,10,14,17H,9H2,1-2H3. The quantitative estimate of drug-likeness (QED) is 0.907. The first kappa shape index (κ1) is 14.1. The summed E-state index contributed by atoms with van der Waals surface area (Å²) < 4.78 is 10.0. The lowest BCUT2D eigenvalue weighted by Gasteiger charge is -2.26. The molecular weight excluding hydrogens is 258 g/mol. The first-order valence-electron chi connectivity index (χ1n) is 6.21. The van der Waals surface area contributed by atoms with Crippen molar-refractivity contribution in [2.24, 2.45) is 0 Å². The van der Waals surface area contributed by atoms with Crippen LogP contribution in [0.2, 0.25) is 0 Å². The molecule has 1 heterocycles. The minimum atomic E-state index is -0.414. The van der Waals surface area contributed by atoms with Gasteiger partial charge in [0.1, 0.15) is 12.0 Å². The normalized spacial score (nSPS) is 11.9. The van der Waals surface area contributed by atoms with E-state index in [2.05, 4.69) is 0 Å². The topological polar surface area (TPSA) is 62.9 Å². The first-order valence-corrected chi connectivity index (χ1v) is 6.21. The van der Waals surface area contributed by atoms with Crippen molar-refractivity contribution in [1.29, 1.82) is 0 Å². The van der Waals surface area contributed by atoms with Gasteiger partial charge in [-0.25, -0.2) is 0 Å². The Hall–Kier alpha value is -2.27. The summed E-state index contributed by atoms with van der Waals surface area (Å²) in [6.45, 7) is -0.160. The maximum atomic E-state index is 12.2. The van der Waals surface area contributed by atoms with Crippen molar-refractivity contribution in [3.05, 3.63) is 54.0 Å². The van der Waals surface area contributed by atoms with Crippen LogP contribution in [0.15, 0.2) is 47.3 Å². The summed E-state index contributed by atoms with van der Waals surface area (Å²) in [6, 6.07) is 8.45. The minimum Gasteiger partial charge on any atom is -0.497 e. The third-order valence-corrected chi connectivity index (χ3v) is 3.23. The average Bonchev–Trinajstić information content (AvgIpc) is 3.02. The number of carbonyl (C=O) groups is 1. The zero-order valence-corrected chi connectivity index (χ0v) is 11.4. The number of rotatable bonds is 5. The lowest BCUT2D eigenvalue weighted by molar-refractivity contribution is 0.0658. The van der Waals surface area contributed by atoms with Crippen molar-refractivity contribution in [2.75, 3.05) is 20.8 Å². The Bertz CT molecular complexity index is 548. The van der Waals surface area contributed by atoms with Gasteiger partial charge in [-0.05, 0) is 23.8 Å². The van der Waals surface area contributed by atoms with Gasteiger partial charge < -0.3 is 19.2 Å². The van der Waals surface area contributed by atoms with Gasteiger partial charge in [-0.1, -0.05) is 12.1 Å². The van der Waals surface area contributed by atoms with Crippen LogP contribution in [-0.2, 0) is 0 Å². The highest BCUT2D eigenvalue weighted by molar-refractivity contribution is 5.93. The highest BCUT2D eigenvalue weighted by Gasteiger charge is 2.22. The number of hydrogen-bond acceptors (Lipinski definition) is 4. The number of ether oxygens (including phenoxy) is 1. The van der Waals surface area contributed by atoms with Gasteiger partial charge in [-0.15, -0.1) is 0 Å². The maximum Gasteiger partial charge on any atom is 0.257 e. The summed E-state index contributed by atoms with van der Waals surface area (Å²) in [6.07, 6.45) is 2.84. The van der Waals surface area contributed by atoms with Gasteiger partial charge in [-0.2, -0.15) is 0 Å². The summed E-state index contributed by atoms with van der Waals surface area (Å²) >= 11 is 0. The molecule has 0 aliphatic carbocycles. The fourth-order valence-corrected chi connectivity index (χ4v) is 2.01. The minimum absolute atomic E-state index is 0.160. The van der Waals surface area contributed by atoms with Crippen molar-refractivity contribution in [3.63, 3.8) is 0 Å². The van der Waals surface area contributed by atoms with Crippen LogP contribution in [0, 0.1) is 0 Å². The SMILES string of the molecule is COc1ccc(C(CO)N(C)C(=O)c2ccoc2)cc1. The van der Waals surface area contributed by atoms with Crippen molar-refractivity contribution >= 4 is 5.91 Å². The van der Waals surface area contributed by atoms with Crippen LogP contribution in [-0.4, -0.2) is 36.7 Å². The monoisotopic (exact) mass is 275 g/mol. The van der Waals surface area contributed by atoms with Crippen molar-refractivity contribution in [2.45, 2.75) is 6.04 Å². The lowest BCUT2D eigenvalue weighted by atomic mass is 10.1. The van der Waals surface area contributed by atoms with Gasteiger partial charge in [0.2, 0.25) is 0 Å². The third-order valence-electron chi connectivity index (χ3n) is 3.23. The molecule has 0 bridgehead atoms. The Morgan fingerprint density at radius 1 is 1.35 bits per heavy atom. The van der Waals surface area contributed by atoms with Crippen LogP contribution in [0.3, 0.4) is 0 Å². The number of methoxy groups -OCH3 is 1. The molecule has 0 spiro atoms. The molecule has 1 aromatic carbocycles. The van der Waals surface area contributed by atoms with Gasteiger partial charge in [0.15, 0.2) is 0 Å². The molecule has 1 atom stereocenters. The highest BCUT2D eigenvalue weighted by Crippen LogP contribution is 2.23. The molecule has 0 radical (unpaired) electrons. The number of hydrogen-bond donors (Lipinski definition) is 1. The third kappa shape index (κ3) is 2.83. The van der Waals surface area contributed by atoms with E-state index < -0.39 is 6.04 Å². The van der Waals surface area contributed by atoms with Gasteiger partial charge in [0.25, 0.3) is 5.91 Å². The summed E-state index contributed by atoms with van der Waals surface area (Å²) in [5, 5.41) is 9.57. The second-order valence-electron chi connectivity index (χ2n) is 4.40. The summed E-state index contributed by atoms with van der Waals surface area (Å²) in [7, 11) is 3.24. The summed E-state index contributed by atoms with van der Waals surface area (Å²) in [5.41, 5.74) is 1.30. The summed E-state index contributed by atoms with van der Waals surface area (Å²) in [5.74, 6) is 0.530. The molecule has 1 aromatic heterocycles. The molecule has 5 nitrogen and oxygen atoms in total. The van der Waals surface area contributed by atoms with Crippen LogP contribution < -0.4 is 4.74 Å². The molecule has 2 rings (SSSR count). The molecule has 0 aliphatic rings. The molecule has 0 aliphatic heterocycles. The van der Waals surface area contributed by atoms with Gasteiger partial charge in [0.05, 0.1) is 31.6 Å². The predicted molar refractivity (Wildman–Crippen MR) is 73.6 cm³/mol. The average molecular weight is 275 g/mol. The zero-order valence-electron chi connectivity index (χ0n) is 11.4. The van der Waals surface area contributed by atoms with E-state index >= 15 is 0 Å². The zero-order chi connectivity index (χ0) is 14.5. The predicted octanol–water partition coefficient (Wildman–Crippen LogP) is 2.09. The first-order chi connectivity index (χ1) is 9.67. The van der Waals surface area contributed by atoms with E-state index in [1.54, 1.807) is 32.4 Å². The van der Waals surface area contributed by atoms with E-state index in [0.717, 1.165) is 11.3 Å². The molecule has 20 heavy (non-hydrogen) atoms. The molecule has 1 unspecified atom stereocenters. The van der Waals surface area contributed by atoms with Crippen LogP contribution >= 0.6 is 0 Å². The number of carbonyl (C=O) groups excluding carboxylic acids is 1. The number of benzene rings is 1. The molecule has 1 N–H and O–H groups in total. The van der Waals surface area contributed by atoms with E-state index in [1.807, 2.05) is 12.1 Å². The van der Waals surface area contributed by atoms with Gasteiger partial charge in [0, 0.05) is 7.05 Å². The number of likely N-dealkylation sites (N-methyl/N-ethyl adjacent to an activating group) is 1. The van der Waals surface area contributed by atoms with E-state index in [1.165, 1.54) is 17.4 Å². The smallest absolute Gasteiger partial charge is 0.257 e. The Balaban J connectivity index is 2.20. The number of nitrogens with zero attached hydrogens (tertiary/aromatic N) is 1. The number of aliphatic hydroxyl groups is 1. The molecular formula is C15H17NO4. The molecule has 0 saturated heterocycles. The number of aliphatic hydroxyl groups excluding tert-OH is 1. The van der Waals surface area contributed by atoms with Crippen molar-refractivity contribution in [1.82, 2.24) is 4.90 Å².